The Kier molecular flexibility index (Phi) is 3.16. The molecule has 0 saturated carbocycles. The molecule has 0 aliphatic rings. The lowest BCUT2D eigenvalue weighted by Crippen LogP contribution is -1.87. The van der Waals surface area contributed by atoms with Crippen LogP contribution in [0.15, 0.2) is 40.1 Å². The fraction of sp³-hybridized carbons (Fsp3) is 0.111. The van der Waals surface area contributed by atoms with Gasteiger partial charge in [0.1, 0.15) is 0 Å². The summed E-state index contributed by atoms with van der Waals surface area (Å²) in [7, 11) is 0. The van der Waals surface area contributed by atoms with Crippen LogP contribution < -0.4 is 0 Å². The average molecular weight is 237 g/mol. The van der Waals surface area contributed by atoms with Crippen LogP contribution in [0.5, 0.6) is 0 Å². The van der Waals surface area contributed by atoms with E-state index in [0.29, 0.717) is 11.6 Å². The van der Waals surface area contributed by atoms with Gasteiger partial charge in [-0.15, -0.1) is 11.8 Å². The lowest BCUT2D eigenvalue weighted by Gasteiger charge is -1.97. The van der Waals surface area contributed by atoms with Crippen LogP contribution in [0.3, 0.4) is 0 Å². The highest BCUT2D eigenvalue weighted by Gasteiger charge is 2.05. The number of rotatable bonds is 4. The zero-order valence-electron chi connectivity index (χ0n) is 8.07. The molecule has 0 spiro atoms. The van der Waals surface area contributed by atoms with Gasteiger partial charge in [0.05, 0.1) is 10.7 Å². The highest BCUT2D eigenvalue weighted by Crippen LogP contribution is 2.23. The normalized spacial score (nSPS) is 10.2. The molecule has 1 aromatic heterocycles. The van der Waals surface area contributed by atoms with E-state index in [1.807, 2.05) is 0 Å². The molecule has 0 amide bonds. The summed E-state index contributed by atoms with van der Waals surface area (Å²) < 4.78 is 4.59. The quantitative estimate of drug-likeness (QED) is 0.461. The molecule has 6 nitrogen and oxygen atoms in total. The van der Waals surface area contributed by atoms with Gasteiger partial charge >= 0.3 is 0 Å². The van der Waals surface area contributed by atoms with Crippen molar-refractivity contribution < 1.29 is 9.45 Å². The molecule has 0 N–H and O–H groups in total. The van der Waals surface area contributed by atoms with Gasteiger partial charge in [-0.2, -0.15) is 4.98 Å². The second-order valence-corrected chi connectivity index (χ2v) is 3.94. The van der Waals surface area contributed by atoms with E-state index in [-0.39, 0.29) is 5.69 Å². The number of thioether (sulfide) groups is 1. The predicted molar refractivity (Wildman–Crippen MR) is 57.0 cm³/mol. The van der Waals surface area contributed by atoms with Gasteiger partial charge in [0, 0.05) is 17.0 Å². The van der Waals surface area contributed by atoms with Crippen molar-refractivity contribution in [2.75, 3.05) is 0 Å². The molecule has 16 heavy (non-hydrogen) atoms. The SMILES string of the molecule is O=[N+]([O-])c1ccc(SCc2ncon2)cc1. The van der Waals surface area contributed by atoms with Crippen LogP contribution in [0.2, 0.25) is 0 Å². The van der Waals surface area contributed by atoms with E-state index in [0.717, 1.165) is 4.90 Å². The molecule has 1 aromatic carbocycles. The smallest absolute Gasteiger partial charge is 0.269 e. The lowest BCUT2D eigenvalue weighted by atomic mass is 10.3. The number of nitro benzene ring substituents is 1. The van der Waals surface area contributed by atoms with Crippen molar-refractivity contribution in [2.45, 2.75) is 10.6 Å². The molecule has 1 heterocycles. The van der Waals surface area contributed by atoms with Gasteiger partial charge in [-0.05, 0) is 12.1 Å². The number of nitrogens with zero attached hydrogens (tertiary/aromatic N) is 3. The Hall–Kier alpha value is -1.89. The summed E-state index contributed by atoms with van der Waals surface area (Å²) in [4.78, 5) is 14.8. The number of hydrogen-bond donors (Lipinski definition) is 0. The minimum absolute atomic E-state index is 0.0870. The summed E-state index contributed by atoms with van der Waals surface area (Å²) in [5.41, 5.74) is 0.0870. The van der Waals surface area contributed by atoms with Gasteiger partial charge in [-0.25, -0.2) is 0 Å². The molecular weight excluding hydrogens is 230 g/mol. The van der Waals surface area contributed by atoms with E-state index >= 15 is 0 Å². The molecule has 2 aromatic rings. The van der Waals surface area contributed by atoms with E-state index in [1.54, 1.807) is 12.1 Å². The van der Waals surface area contributed by atoms with E-state index in [1.165, 1.54) is 30.3 Å². The molecule has 0 aliphatic heterocycles. The van der Waals surface area contributed by atoms with Crippen LogP contribution in [0, 0.1) is 10.1 Å². The summed E-state index contributed by atoms with van der Waals surface area (Å²) in [6.07, 6.45) is 1.27. The third-order valence-corrected chi connectivity index (χ3v) is 2.83. The predicted octanol–water partition coefficient (Wildman–Crippen LogP) is 2.27. The van der Waals surface area contributed by atoms with Gasteiger partial charge in [0.25, 0.3) is 5.69 Å². The Morgan fingerprint density at radius 3 is 2.69 bits per heavy atom. The third kappa shape index (κ3) is 2.57. The molecule has 0 fully saturated rings. The fourth-order valence-electron chi connectivity index (χ4n) is 1.07. The van der Waals surface area contributed by atoms with Crippen LogP contribution >= 0.6 is 11.8 Å². The molecule has 0 saturated heterocycles. The van der Waals surface area contributed by atoms with E-state index in [9.17, 15) is 10.1 Å². The summed E-state index contributed by atoms with van der Waals surface area (Å²) >= 11 is 1.49. The Morgan fingerprint density at radius 1 is 1.38 bits per heavy atom. The molecule has 82 valence electrons. The largest absolute Gasteiger partial charge is 0.343 e. The first-order valence-electron chi connectivity index (χ1n) is 4.38. The highest BCUT2D eigenvalue weighted by atomic mass is 32.2. The van der Waals surface area contributed by atoms with E-state index in [2.05, 4.69) is 14.7 Å². The standard InChI is InChI=1S/C9H7N3O3S/c13-12(14)7-1-3-8(4-2-7)16-5-9-10-6-15-11-9/h1-4,6H,5H2. The molecule has 7 heteroatoms. The van der Waals surface area contributed by atoms with Crippen molar-refractivity contribution in [3.63, 3.8) is 0 Å². The van der Waals surface area contributed by atoms with Gasteiger partial charge in [-0.3, -0.25) is 10.1 Å². The van der Waals surface area contributed by atoms with Crippen LogP contribution in [0.1, 0.15) is 5.82 Å². The van der Waals surface area contributed by atoms with Crippen LogP contribution in [-0.2, 0) is 5.75 Å². The zero-order chi connectivity index (χ0) is 11.4. The van der Waals surface area contributed by atoms with Crippen LogP contribution in [0.4, 0.5) is 5.69 Å². The first kappa shape index (κ1) is 10.6. The summed E-state index contributed by atoms with van der Waals surface area (Å²) in [6.45, 7) is 0. The van der Waals surface area contributed by atoms with Gasteiger partial charge in [0.15, 0.2) is 5.82 Å². The number of aromatic nitrogens is 2. The molecule has 0 bridgehead atoms. The second kappa shape index (κ2) is 4.75. The second-order valence-electron chi connectivity index (χ2n) is 2.89. The van der Waals surface area contributed by atoms with Gasteiger partial charge in [-0.1, -0.05) is 5.16 Å². The Morgan fingerprint density at radius 2 is 2.12 bits per heavy atom. The molecule has 0 radical (unpaired) electrons. The zero-order valence-corrected chi connectivity index (χ0v) is 8.88. The monoisotopic (exact) mass is 237 g/mol. The summed E-state index contributed by atoms with van der Waals surface area (Å²) in [5.74, 6) is 1.18. The fourth-order valence-corrected chi connectivity index (χ4v) is 1.82. The molecule has 2 rings (SSSR count). The van der Waals surface area contributed by atoms with Crippen molar-refractivity contribution >= 4 is 17.4 Å². The van der Waals surface area contributed by atoms with Crippen molar-refractivity contribution in [3.8, 4) is 0 Å². The van der Waals surface area contributed by atoms with E-state index in [4.69, 9.17) is 0 Å². The Bertz CT molecular complexity index is 469. The van der Waals surface area contributed by atoms with Crippen LogP contribution in [-0.4, -0.2) is 15.1 Å². The first-order valence-corrected chi connectivity index (χ1v) is 5.37. The summed E-state index contributed by atoms with van der Waals surface area (Å²) in [5, 5.41) is 14.1. The molecule has 0 aliphatic carbocycles. The minimum atomic E-state index is -0.423. The van der Waals surface area contributed by atoms with Gasteiger partial charge < -0.3 is 4.52 Å². The van der Waals surface area contributed by atoms with Crippen molar-refractivity contribution in [1.29, 1.82) is 0 Å². The number of benzene rings is 1. The maximum absolute atomic E-state index is 10.4. The van der Waals surface area contributed by atoms with Crippen LogP contribution in [0.25, 0.3) is 0 Å². The maximum Gasteiger partial charge on any atom is 0.269 e. The van der Waals surface area contributed by atoms with Crippen molar-refractivity contribution in [3.05, 3.63) is 46.6 Å². The molecule has 0 unspecified atom stereocenters. The average Bonchev–Trinajstić information content (AvgIpc) is 2.80. The topological polar surface area (TPSA) is 82.1 Å². The maximum atomic E-state index is 10.4. The number of hydrogen-bond acceptors (Lipinski definition) is 6. The number of nitro groups is 1. The lowest BCUT2D eigenvalue weighted by molar-refractivity contribution is -0.384. The highest BCUT2D eigenvalue weighted by molar-refractivity contribution is 7.98. The summed E-state index contributed by atoms with van der Waals surface area (Å²) in [6, 6.07) is 6.34. The third-order valence-electron chi connectivity index (χ3n) is 1.82. The van der Waals surface area contributed by atoms with Crippen molar-refractivity contribution in [1.82, 2.24) is 10.1 Å². The van der Waals surface area contributed by atoms with E-state index < -0.39 is 4.92 Å². The first-order chi connectivity index (χ1) is 7.75. The Labute approximate surface area is 94.8 Å². The Balaban J connectivity index is 1.98. The van der Waals surface area contributed by atoms with Crippen molar-refractivity contribution in [2.24, 2.45) is 0 Å². The number of non-ortho nitro benzene ring substituents is 1. The molecule has 0 atom stereocenters. The minimum Gasteiger partial charge on any atom is -0.343 e. The van der Waals surface area contributed by atoms with Gasteiger partial charge in [0.2, 0.25) is 6.39 Å². The molecular formula is C9H7N3O3S.